The molecule has 1 aromatic heterocycles. The topological polar surface area (TPSA) is 136 Å². The maximum absolute atomic E-state index is 12.6. The predicted molar refractivity (Wildman–Crippen MR) is 220 cm³/mol. The number of carbonyl (C=O) groups excluding carboxylic acids is 2. The van der Waals surface area contributed by atoms with Gasteiger partial charge in [0.25, 0.3) is 0 Å². The number of nitrogen functional groups attached to an aromatic ring is 1. The van der Waals surface area contributed by atoms with Crippen LogP contribution in [0.3, 0.4) is 0 Å². The second kappa shape index (κ2) is 18.5. The van der Waals surface area contributed by atoms with E-state index in [1.54, 1.807) is 35.2 Å². The summed E-state index contributed by atoms with van der Waals surface area (Å²) < 4.78 is 15.4. The molecule has 0 spiro atoms. The Balaban J connectivity index is 0.935. The number of hydrogen-bond acceptors (Lipinski definition) is 9. The van der Waals surface area contributed by atoms with Gasteiger partial charge in [-0.3, -0.25) is 9.59 Å². The highest BCUT2D eigenvalue weighted by Gasteiger charge is 2.32. The Morgan fingerprint density at radius 2 is 1.55 bits per heavy atom. The molecular formula is C44H44N4O5S2. The number of aromatic nitrogens is 1. The number of para-hydroxylation sites is 3. The summed E-state index contributed by atoms with van der Waals surface area (Å²) in [4.78, 5) is 29.7. The third-order valence-electron chi connectivity index (χ3n) is 9.51. The summed E-state index contributed by atoms with van der Waals surface area (Å²) in [6.07, 6.45) is 1.82. The fraction of sp³-hybridized carbons (Fsp3) is 0.250. The molecule has 1 saturated heterocycles. The third-order valence-corrected chi connectivity index (χ3v) is 11.8. The minimum absolute atomic E-state index is 0.00156. The zero-order valence-corrected chi connectivity index (χ0v) is 32.0. The number of benzene rings is 5. The Morgan fingerprint density at radius 1 is 0.800 bits per heavy atom. The number of nitrogens with zero attached hydrogens (tertiary/aromatic N) is 1. The molecule has 0 saturated carbocycles. The SMILES string of the molecule is Nc1ccccc1NC(=O)CCCCC(=O)NCc1cccc(-c2ccc(C3OC(CSc4nc5ccccc5s4)CC(c4ccc(CO)cc4)O3)cc2)c1. The van der Waals surface area contributed by atoms with Gasteiger partial charge >= 0.3 is 0 Å². The van der Waals surface area contributed by atoms with Gasteiger partial charge in [0.1, 0.15) is 0 Å². The monoisotopic (exact) mass is 772 g/mol. The first kappa shape index (κ1) is 38.2. The molecule has 1 aliphatic rings. The van der Waals surface area contributed by atoms with Crippen LogP contribution in [0, 0.1) is 0 Å². The lowest BCUT2D eigenvalue weighted by atomic mass is 9.99. The number of aliphatic hydroxyl groups excluding tert-OH is 1. The van der Waals surface area contributed by atoms with Crippen LogP contribution in [0.2, 0.25) is 0 Å². The number of thiazole rings is 1. The molecule has 0 bridgehead atoms. The average molecular weight is 773 g/mol. The van der Waals surface area contributed by atoms with E-state index in [0.29, 0.717) is 50.0 Å². The second-order valence-electron chi connectivity index (χ2n) is 13.6. The van der Waals surface area contributed by atoms with Crippen LogP contribution < -0.4 is 16.4 Å². The van der Waals surface area contributed by atoms with Gasteiger partial charge in [0, 0.05) is 37.1 Å². The first-order valence-electron chi connectivity index (χ1n) is 18.5. The highest BCUT2D eigenvalue weighted by Crippen LogP contribution is 2.40. The summed E-state index contributed by atoms with van der Waals surface area (Å²) >= 11 is 3.42. The van der Waals surface area contributed by atoms with E-state index < -0.39 is 6.29 Å². The van der Waals surface area contributed by atoms with Gasteiger partial charge in [-0.05, 0) is 71.0 Å². The van der Waals surface area contributed by atoms with E-state index in [-0.39, 0.29) is 30.6 Å². The first-order valence-corrected chi connectivity index (χ1v) is 20.3. The molecule has 5 aromatic carbocycles. The number of hydrogen-bond donors (Lipinski definition) is 4. The van der Waals surface area contributed by atoms with E-state index >= 15 is 0 Å². The van der Waals surface area contributed by atoms with Crippen molar-refractivity contribution in [2.45, 2.75) is 68.1 Å². The van der Waals surface area contributed by atoms with Gasteiger partial charge < -0.3 is 30.9 Å². The van der Waals surface area contributed by atoms with Crippen LogP contribution in [0.25, 0.3) is 21.3 Å². The summed E-state index contributed by atoms with van der Waals surface area (Å²) in [5.41, 5.74) is 14.0. The van der Waals surface area contributed by atoms with Crippen LogP contribution in [0.5, 0.6) is 0 Å². The van der Waals surface area contributed by atoms with Crippen molar-refractivity contribution in [3.63, 3.8) is 0 Å². The number of nitrogens with one attached hydrogen (secondary N) is 2. The zero-order valence-electron chi connectivity index (χ0n) is 30.4. The molecule has 2 amide bonds. The predicted octanol–water partition coefficient (Wildman–Crippen LogP) is 9.19. The van der Waals surface area contributed by atoms with E-state index in [1.165, 1.54) is 4.70 Å². The highest BCUT2D eigenvalue weighted by atomic mass is 32.2. The molecule has 1 fully saturated rings. The quantitative estimate of drug-likeness (QED) is 0.0461. The van der Waals surface area contributed by atoms with E-state index in [4.69, 9.17) is 20.2 Å². The van der Waals surface area contributed by atoms with E-state index in [0.717, 1.165) is 49.0 Å². The van der Waals surface area contributed by atoms with Gasteiger partial charge in [-0.1, -0.05) is 103 Å². The van der Waals surface area contributed by atoms with Crippen molar-refractivity contribution in [2.75, 3.05) is 16.8 Å². The van der Waals surface area contributed by atoms with Gasteiger partial charge in [-0.2, -0.15) is 0 Å². The van der Waals surface area contributed by atoms with Crippen molar-refractivity contribution in [2.24, 2.45) is 0 Å². The summed E-state index contributed by atoms with van der Waals surface area (Å²) in [5.74, 6) is 0.583. The standard InChI is InChI=1S/C44H44N4O5S2/c45-36-10-1-2-11-37(36)47-42(51)15-6-5-14-41(50)46-26-30-8-7-9-34(24-30)31-20-22-33(23-21-31)43-52-35(25-39(53-43)32-18-16-29(27-49)17-19-32)28-54-44-48-38-12-3-4-13-40(38)55-44/h1-4,7-13,16-24,35,39,43,49H,5-6,14-15,25-28,45H2,(H,46,50)(H,47,51). The molecule has 0 aliphatic carbocycles. The number of ether oxygens (including phenoxy) is 2. The van der Waals surface area contributed by atoms with Gasteiger partial charge in [0.05, 0.1) is 40.4 Å². The number of thioether (sulfide) groups is 1. The normalized spacial score (nSPS) is 16.9. The summed E-state index contributed by atoms with van der Waals surface area (Å²) in [5, 5.41) is 15.4. The Bertz CT molecular complexity index is 2180. The summed E-state index contributed by atoms with van der Waals surface area (Å²) in [7, 11) is 0. The third kappa shape index (κ3) is 10.4. The molecule has 3 atom stereocenters. The minimum atomic E-state index is -0.551. The van der Waals surface area contributed by atoms with Crippen LogP contribution in [0.4, 0.5) is 11.4 Å². The molecular weight excluding hydrogens is 729 g/mol. The molecule has 6 aromatic rings. The van der Waals surface area contributed by atoms with Crippen LogP contribution in [0.15, 0.2) is 126 Å². The van der Waals surface area contributed by atoms with E-state index in [1.807, 2.05) is 66.7 Å². The number of unbranched alkanes of at least 4 members (excludes halogenated alkanes) is 1. The maximum Gasteiger partial charge on any atom is 0.224 e. The van der Waals surface area contributed by atoms with Gasteiger partial charge in [0.2, 0.25) is 11.8 Å². The molecule has 282 valence electrons. The van der Waals surface area contributed by atoms with Crippen molar-refractivity contribution < 1.29 is 24.2 Å². The van der Waals surface area contributed by atoms with Crippen molar-refractivity contribution in [3.05, 3.63) is 144 Å². The van der Waals surface area contributed by atoms with E-state index in [9.17, 15) is 14.7 Å². The lowest BCUT2D eigenvalue weighted by Gasteiger charge is -2.36. The number of fused-ring (bicyclic) bond motifs is 1. The number of rotatable bonds is 15. The fourth-order valence-corrected chi connectivity index (χ4v) is 8.59. The molecule has 7 rings (SSSR count). The Labute approximate surface area is 329 Å². The number of anilines is 2. The van der Waals surface area contributed by atoms with Crippen molar-refractivity contribution in [1.82, 2.24) is 10.3 Å². The van der Waals surface area contributed by atoms with Crippen LogP contribution >= 0.6 is 23.1 Å². The summed E-state index contributed by atoms with van der Waals surface area (Å²) in [6, 6.07) is 39.7. The highest BCUT2D eigenvalue weighted by molar-refractivity contribution is 8.01. The van der Waals surface area contributed by atoms with Crippen molar-refractivity contribution in [3.8, 4) is 11.1 Å². The first-order chi connectivity index (χ1) is 26.9. The molecule has 0 radical (unpaired) electrons. The molecule has 3 unspecified atom stereocenters. The smallest absolute Gasteiger partial charge is 0.224 e. The Kier molecular flexibility index (Phi) is 12.9. The molecule has 2 heterocycles. The molecule has 9 nitrogen and oxygen atoms in total. The van der Waals surface area contributed by atoms with E-state index in [2.05, 4.69) is 53.1 Å². The number of carbonyl (C=O) groups is 2. The van der Waals surface area contributed by atoms with Crippen LogP contribution in [-0.4, -0.2) is 33.8 Å². The molecule has 1 aliphatic heterocycles. The fourth-order valence-electron chi connectivity index (χ4n) is 6.48. The lowest BCUT2D eigenvalue weighted by molar-refractivity contribution is -0.245. The van der Waals surface area contributed by atoms with Gasteiger partial charge in [-0.25, -0.2) is 4.98 Å². The minimum Gasteiger partial charge on any atom is -0.397 e. The van der Waals surface area contributed by atoms with Crippen molar-refractivity contribution >= 4 is 56.5 Å². The van der Waals surface area contributed by atoms with Gasteiger partial charge in [-0.15, -0.1) is 11.3 Å². The largest absolute Gasteiger partial charge is 0.397 e. The second-order valence-corrected chi connectivity index (χ2v) is 15.8. The molecule has 5 N–H and O–H groups in total. The van der Waals surface area contributed by atoms with Crippen molar-refractivity contribution in [1.29, 1.82) is 0 Å². The molecule has 55 heavy (non-hydrogen) atoms. The maximum atomic E-state index is 12.6. The number of nitrogens with two attached hydrogens (primary N) is 1. The van der Waals surface area contributed by atoms with Gasteiger partial charge in [0.15, 0.2) is 10.6 Å². The van der Waals surface area contributed by atoms with Crippen LogP contribution in [0.1, 0.15) is 66.8 Å². The lowest BCUT2D eigenvalue weighted by Crippen LogP contribution is -2.31. The van der Waals surface area contributed by atoms with Crippen LogP contribution in [-0.2, 0) is 32.2 Å². The molecule has 11 heteroatoms. The summed E-state index contributed by atoms with van der Waals surface area (Å²) in [6.45, 7) is 0.414. The Morgan fingerprint density at radius 3 is 2.33 bits per heavy atom. The Hall–Kier alpha value is -5.04. The number of amides is 2. The average Bonchev–Trinajstić information content (AvgIpc) is 3.65. The number of aliphatic hydroxyl groups is 1. The zero-order chi connectivity index (χ0) is 38.0.